The number of benzene rings is 1. The first kappa shape index (κ1) is 16.5. The van der Waals surface area contributed by atoms with Crippen LogP contribution in [0.1, 0.15) is 32.1 Å². The summed E-state index contributed by atoms with van der Waals surface area (Å²) in [5.74, 6) is 0.577. The van der Waals surface area contributed by atoms with E-state index in [1.54, 1.807) is 6.07 Å². The largest absolute Gasteiger partial charge is 1.00 e. The summed E-state index contributed by atoms with van der Waals surface area (Å²) in [7, 11) is 0. The van der Waals surface area contributed by atoms with Gasteiger partial charge in [-0.25, -0.2) is 0 Å². The van der Waals surface area contributed by atoms with Crippen molar-refractivity contribution in [3.8, 4) is 5.75 Å². The molecular weight excluding hydrogens is 283 g/mol. The van der Waals surface area contributed by atoms with Crippen molar-refractivity contribution >= 4 is 22.7 Å². The molecule has 1 fully saturated rings. The Morgan fingerprint density at radius 2 is 1.94 bits per heavy atom. The fourth-order valence-electron chi connectivity index (χ4n) is 2.04. The second-order valence-corrected chi connectivity index (χ2v) is 5.55. The van der Waals surface area contributed by atoms with Crippen molar-refractivity contribution in [3.63, 3.8) is 0 Å². The first-order chi connectivity index (χ1) is 8.16. The van der Waals surface area contributed by atoms with Gasteiger partial charge in [-0.2, -0.15) is 0 Å². The van der Waals surface area contributed by atoms with Crippen LogP contribution in [0.15, 0.2) is 23.1 Å². The van der Waals surface area contributed by atoms with Crippen molar-refractivity contribution in [1.82, 2.24) is 0 Å². The van der Waals surface area contributed by atoms with Crippen LogP contribution in [0.4, 0.5) is 0 Å². The van der Waals surface area contributed by atoms with E-state index in [-0.39, 0.29) is 40.6 Å². The summed E-state index contributed by atoms with van der Waals surface area (Å²) in [6.07, 6.45) is 5.94. The van der Waals surface area contributed by atoms with Crippen LogP contribution >= 0.6 is 11.6 Å². The van der Waals surface area contributed by atoms with E-state index >= 15 is 0 Å². The minimum atomic E-state index is -2.24. The molecule has 2 rings (SSSR count). The Labute approximate surface area is 137 Å². The molecule has 1 atom stereocenters. The molecule has 1 unspecified atom stereocenters. The summed E-state index contributed by atoms with van der Waals surface area (Å²) in [5, 5.41) is 0.359. The van der Waals surface area contributed by atoms with Gasteiger partial charge in [0, 0.05) is 4.90 Å². The summed E-state index contributed by atoms with van der Waals surface area (Å²) in [6, 6.07) is 4.55. The quantitative estimate of drug-likeness (QED) is 0.595. The Hall–Kier alpha value is 0.420. The standard InChI is InChI=1S/C12H15ClO3S.Na/c13-11-8-10(17(14)15)6-7-12(11)16-9-4-2-1-3-5-9;/h6-9H,1-5H2,(H,14,15);/q;+1/p-1. The Kier molecular flexibility index (Phi) is 7.21. The van der Waals surface area contributed by atoms with Gasteiger partial charge in [0.1, 0.15) is 5.75 Å². The predicted octanol–water partition coefficient (Wildman–Crippen LogP) is 0.294. The van der Waals surface area contributed by atoms with Crippen LogP contribution in [-0.2, 0) is 11.1 Å². The molecule has 0 aliphatic heterocycles. The van der Waals surface area contributed by atoms with Crippen molar-refractivity contribution in [2.45, 2.75) is 43.1 Å². The SMILES string of the molecule is O=S([O-])c1ccc(OC2CCCCC2)c(Cl)c1.[Na+]. The number of hydrogen-bond acceptors (Lipinski definition) is 3. The fourth-order valence-corrected chi connectivity index (χ4v) is 2.73. The normalized spacial score (nSPS) is 17.9. The predicted molar refractivity (Wildman–Crippen MR) is 66.1 cm³/mol. The molecule has 0 aromatic heterocycles. The van der Waals surface area contributed by atoms with Crippen molar-refractivity contribution in [1.29, 1.82) is 0 Å². The molecule has 0 N–H and O–H groups in total. The van der Waals surface area contributed by atoms with E-state index in [0.717, 1.165) is 12.8 Å². The third-order valence-corrected chi connectivity index (χ3v) is 3.88. The summed E-state index contributed by atoms with van der Waals surface area (Å²) in [6.45, 7) is 0. The molecule has 0 amide bonds. The minimum absolute atomic E-state index is 0. The Bertz CT molecular complexity index is 422. The molecule has 0 radical (unpaired) electrons. The third-order valence-electron chi connectivity index (χ3n) is 2.94. The van der Waals surface area contributed by atoms with Crippen molar-refractivity contribution in [2.24, 2.45) is 0 Å². The second-order valence-electron chi connectivity index (χ2n) is 4.20. The first-order valence-corrected chi connectivity index (χ1v) is 7.17. The van der Waals surface area contributed by atoms with Crippen LogP contribution in [0, 0.1) is 0 Å². The van der Waals surface area contributed by atoms with Gasteiger partial charge in [-0.1, -0.05) is 18.0 Å². The maximum Gasteiger partial charge on any atom is 1.00 e. The molecule has 3 nitrogen and oxygen atoms in total. The average Bonchev–Trinajstić information content (AvgIpc) is 2.33. The molecule has 0 heterocycles. The van der Waals surface area contributed by atoms with Crippen LogP contribution in [0.3, 0.4) is 0 Å². The van der Waals surface area contributed by atoms with E-state index < -0.39 is 11.1 Å². The van der Waals surface area contributed by atoms with E-state index in [1.165, 1.54) is 31.4 Å². The number of ether oxygens (including phenoxy) is 1. The topological polar surface area (TPSA) is 49.4 Å². The summed E-state index contributed by atoms with van der Waals surface area (Å²) in [4.78, 5) is 0.186. The maximum absolute atomic E-state index is 10.8. The van der Waals surface area contributed by atoms with E-state index in [2.05, 4.69) is 0 Å². The minimum Gasteiger partial charge on any atom is -0.768 e. The van der Waals surface area contributed by atoms with Crippen molar-refractivity contribution < 1.29 is 43.1 Å². The maximum atomic E-state index is 10.8. The second kappa shape index (κ2) is 7.88. The molecule has 6 heteroatoms. The summed E-state index contributed by atoms with van der Waals surface area (Å²) in [5.41, 5.74) is 0. The van der Waals surface area contributed by atoms with Gasteiger partial charge in [0.05, 0.1) is 11.1 Å². The van der Waals surface area contributed by atoms with E-state index in [4.69, 9.17) is 16.3 Å². The Morgan fingerprint density at radius 3 is 2.50 bits per heavy atom. The van der Waals surface area contributed by atoms with Crippen LogP contribution in [0.2, 0.25) is 5.02 Å². The first-order valence-electron chi connectivity index (χ1n) is 5.72. The van der Waals surface area contributed by atoms with Crippen molar-refractivity contribution in [2.75, 3.05) is 0 Å². The average molecular weight is 297 g/mol. The van der Waals surface area contributed by atoms with E-state index in [0.29, 0.717) is 10.8 Å². The molecule has 0 bridgehead atoms. The monoisotopic (exact) mass is 296 g/mol. The Balaban J connectivity index is 0.00000162. The smallest absolute Gasteiger partial charge is 0.768 e. The van der Waals surface area contributed by atoms with Gasteiger partial charge < -0.3 is 9.29 Å². The summed E-state index contributed by atoms with van der Waals surface area (Å²) >= 11 is 3.75. The molecule has 0 saturated heterocycles. The number of hydrogen-bond donors (Lipinski definition) is 0. The molecule has 1 saturated carbocycles. The van der Waals surface area contributed by atoms with Gasteiger partial charge in [-0.05, 0) is 55.0 Å². The molecule has 0 spiro atoms. The summed E-state index contributed by atoms with van der Waals surface area (Å²) < 4.78 is 27.3. The Morgan fingerprint density at radius 1 is 1.28 bits per heavy atom. The molecule has 94 valence electrons. The van der Waals surface area contributed by atoms with Crippen LogP contribution in [0.25, 0.3) is 0 Å². The third kappa shape index (κ3) is 4.51. The zero-order valence-corrected chi connectivity index (χ0v) is 13.9. The van der Waals surface area contributed by atoms with Gasteiger partial charge in [0.25, 0.3) is 0 Å². The van der Waals surface area contributed by atoms with Gasteiger partial charge in [-0.15, -0.1) is 0 Å². The van der Waals surface area contributed by atoms with Crippen LogP contribution in [-0.4, -0.2) is 14.9 Å². The van der Waals surface area contributed by atoms with Gasteiger partial charge in [0.2, 0.25) is 0 Å². The van der Waals surface area contributed by atoms with Gasteiger partial charge in [0.15, 0.2) is 0 Å². The van der Waals surface area contributed by atoms with Crippen LogP contribution in [0.5, 0.6) is 5.75 Å². The van der Waals surface area contributed by atoms with Gasteiger partial charge in [-0.3, -0.25) is 4.21 Å². The zero-order chi connectivity index (χ0) is 12.3. The van der Waals surface area contributed by atoms with Gasteiger partial charge >= 0.3 is 29.6 Å². The van der Waals surface area contributed by atoms with Crippen LogP contribution < -0.4 is 34.3 Å². The fraction of sp³-hybridized carbons (Fsp3) is 0.500. The number of halogens is 1. The number of rotatable bonds is 3. The van der Waals surface area contributed by atoms with E-state index in [9.17, 15) is 8.76 Å². The van der Waals surface area contributed by atoms with Crippen molar-refractivity contribution in [3.05, 3.63) is 23.2 Å². The molecule has 1 aromatic rings. The molecule has 1 aliphatic carbocycles. The molecular formula is C12H14ClNaO3S. The van der Waals surface area contributed by atoms with E-state index in [1.807, 2.05) is 0 Å². The molecule has 1 aliphatic rings. The molecule has 1 aromatic carbocycles. The molecule has 18 heavy (non-hydrogen) atoms. The zero-order valence-electron chi connectivity index (χ0n) is 10.4.